The first-order valence-electron chi connectivity index (χ1n) is 5.25. The standard InChI is InChI=1S/C11H11N3O2/c15-10-6-3-7-14(13-10)11-12-8-4-1-2-5-9(8)16-11/h1-2,4-5H,3,6-7H2,(H,13,15). The topological polar surface area (TPSA) is 58.4 Å². The third-order valence-corrected chi connectivity index (χ3v) is 2.56. The first kappa shape index (κ1) is 9.21. The summed E-state index contributed by atoms with van der Waals surface area (Å²) in [7, 11) is 0. The lowest BCUT2D eigenvalue weighted by Gasteiger charge is -2.25. The van der Waals surface area contributed by atoms with Crippen LogP contribution in [-0.4, -0.2) is 17.4 Å². The summed E-state index contributed by atoms with van der Waals surface area (Å²) >= 11 is 0. The van der Waals surface area contributed by atoms with Gasteiger partial charge in [-0.25, -0.2) is 5.01 Å². The number of benzene rings is 1. The quantitative estimate of drug-likeness (QED) is 0.785. The molecule has 1 aromatic carbocycles. The molecule has 16 heavy (non-hydrogen) atoms. The highest BCUT2D eigenvalue weighted by Gasteiger charge is 2.20. The number of aromatic nitrogens is 1. The van der Waals surface area contributed by atoms with Crippen LogP contribution < -0.4 is 10.4 Å². The Kier molecular flexibility index (Phi) is 2.02. The Hall–Kier alpha value is -2.04. The van der Waals surface area contributed by atoms with Crippen molar-refractivity contribution in [2.45, 2.75) is 12.8 Å². The number of fused-ring (bicyclic) bond motifs is 1. The lowest BCUT2D eigenvalue weighted by molar-refractivity contribution is -0.122. The molecule has 3 rings (SSSR count). The highest BCUT2D eigenvalue weighted by atomic mass is 16.4. The van der Waals surface area contributed by atoms with Gasteiger partial charge in [0.2, 0.25) is 5.91 Å². The molecular formula is C11H11N3O2. The van der Waals surface area contributed by atoms with Crippen molar-refractivity contribution < 1.29 is 9.21 Å². The molecular weight excluding hydrogens is 206 g/mol. The molecule has 0 aliphatic carbocycles. The molecule has 2 heterocycles. The van der Waals surface area contributed by atoms with Crippen LogP contribution in [0.3, 0.4) is 0 Å². The number of hydrazine groups is 1. The molecule has 1 fully saturated rings. The van der Waals surface area contributed by atoms with E-state index in [9.17, 15) is 4.79 Å². The molecule has 1 aliphatic rings. The van der Waals surface area contributed by atoms with Gasteiger partial charge in [0.15, 0.2) is 5.58 Å². The summed E-state index contributed by atoms with van der Waals surface area (Å²) in [6.07, 6.45) is 1.39. The molecule has 1 aromatic heterocycles. The normalized spacial score (nSPS) is 16.5. The minimum absolute atomic E-state index is 0.00788. The average Bonchev–Trinajstić information content (AvgIpc) is 2.72. The number of hydrogen-bond acceptors (Lipinski definition) is 4. The zero-order valence-electron chi connectivity index (χ0n) is 8.64. The van der Waals surface area contributed by atoms with E-state index in [-0.39, 0.29) is 5.91 Å². The van der Waals surface area contributed by atoms with Crippen molar-refractivity contribution in [3.05, 3.63) is 24.3 Å². The van der Waals surface area contributed by atoms with E-state index in [4.69, 9.17) is 4.42 Å². The fourth-order valence-electron chi connectivity index (χ4n) is 1.78. The number of para-hydroxylation sites is 2. The van der Waals surface area contributed by atoms with Crippen LogP contribution >= 0.6 is 0 Å². The number of amides is 1. The van der Waals surface area contributed by atoms with Crippen molar-refractivity contribution in [3.63, 3.8) is 0 Å². The summed E-state index contributed by atoms with van der Waals surface area (Å²) in [6.45, 7) is 0.735. The Morgan fingerprint density at radius 3 is 3.06 bits per heavy atom. The van der Waals surface area contributed by atoms with Gasteiger partial charge in [-0.2, -0.15) is 4.98 Å². The molecule has 0 unspecified atom stereocenters. The van der Waals surface area contributed by atoms with Crippen molar-refractivity contribution in [1.29, 1.82) is 0 Å². The molecule has 1 amide bonds. The SMILES string of the molecule is O=C1CCCN(c2nc3ccccc3o2)N1. The molecule has 0 spiro atoms. The van der Waals surface area contributed by atoms with Gasteiger partial charge in [-0.1, -0.05) is 12.1 Å². The van der Waals surface area contributed by atoms with Crippen LogP contribution in [0.1, 0.15) is 12.8 Å². The zero-order valence-corrected chi connectivity index (χ0v) is 8.64. The Morgan fingerprint density at radius 2 is 2.25 bits per heavy atom. The molecule has 1 saturated heterocycles. The van der Waals surface area contributed by atoms with E-state index in [1.54, 1.807) is 5.01 Å². The number of nitrogens with one attached hydrogen (secondary N) is 1. The van der Waals surface area contributed by atoms with Gasteiger partial charge in [0.1, 0.15) is 5.52 Å². The predicted octanol–water partition coefficient (Wildman–Crippen LogP) is 1.46. The lowest BCUT2D eigenvalue weighted by Crippen LogP contribution is -2.47. The smallest absolute Gasteiger partial charge is 0.317 e. The van der Waals surface area contributed by atoms with E-state index in [0.29, 0.717) is 12.4 Å². The number of carbonyl (C=O) groups excluding carboxylic acids is 1. The second-order valence-corrected chi connectivity index (χ2v) is 3.75. The highest BCUT2D eigenvalue weighted by Crippen LogP contribution is 2.21. The molecule has 5 nitrogen and oxygen atoms in total. The van der Waals surface area contributed by atoms with Gasteiger partial charge in [0.25, 0.3) is 0 Å². The maximum atomic E-state index is 11.2. The Morgan fingerprint density at radius 1 is 1.38 bits per heavy atom. The third-order valence-electron chi connectivity index (χ3n) is 2.56. The monoisotopic (exact) mass is 217 g/mol. The lowest BCUT2D eigenvalue weighted by atomic mass is 10.2. The van der Waals surface area contributed by atoms with Crippen LogP contribution in [0.4, 0.5) is 6.01 Å². The van der Waals surface area contributed by atoms with E-state index in [1.165, 1.54) is 0 Å². The van der Waals surface area contributed by atoms with Crippen molar-refractivity contribution in [2.24, 2.45) is 0 Å². The fourth-order valence-corrected chi connectivity index (χ4v) is 1.78. The zero-order chi connectivity index (χ0) is 11.0. The molecule has 0 bridgehead atoms. The maximum Gasteiger partial charge on any atom is 0.317 e. The summed E-state index contributed by atoms with van der Waals surface area (Å²) in [6, 6.07) is 8.00. The van der Waals surface area contributed by atoms with Gasteiger partial charge in [0.05, 0.1) is 0 Å². The van der Waals surface area contributed by atoms with E-state index in [1.807, 2.05) is 24.3 Å². The summed E-state index contributed by atoms with van der Waals surface area (Å²) in [5.74, 6) is 0.00788. The summed E-state index contributed by atoms with van der Waals surface area (Å²) in [4.78, 5) is 15.6. The van der Waals surface area contributed by atoms with Crippen LogP contribution in [0.5, 0.6) is 0 Å². The molecule has 0 radical (unpaired) electrons. The molecule has 1 aliphatic heterocycles. The minimum atomic E-state index is 0.00788. The molecule has 5 heteroatoms. The summed E-state index contributed by atoms with van der Waals surface area (Å²) in [5, 5.41) is 1.66. The van der Waals surface area contributed by atoms with Crippen molar-refractivity contribution in [3.8, 4) is 0 Å². The highest BCUT2D eigenvalue weighted by molar-refractivity contribution is 5.79. The second kappa shape index (κ2) is 3.52. The van der Waals surface area contributed by atoms with Gasteiger partial charge in [0, 0.05) is 13.0 Å². The van der Waals surface area contributed by atoms with Gasteiger partial charge in [-0.15, -0.1) is 0 Å². The third kappa shape index (κ3) is 1.50. The number of oxazole rings is 1. The average molecular weight is 217 g/mol. The number of carbonyl (C=O) groups is 1. The van der Waals surface area contributed by atoms with E-state index in [0.717, 1.165) is 24.1 Å². The number of anilines is 1. The van der Waals surface area contributed by atoms with E-state index >= 15 is 0 Å². The fraction of sp³-hybridized carbons (Fsp3) is 0.273. The summed E-state index contributed by atoms with van der Waals surface area (Å²) < 4.78 is 5.56. The van der Waals surface area contributed by atoms with E-state index in [2.05, 4.69) is 10.4 Å². The Bertz CT molecular complexity index is 502. The Labute approximate surface area is 92.0 Å². The van der Waals surface area contributed by atoms with Crippen molar-refractivity contribution in [1.82, 2.24) is 10.4 Å². The molecule has 0 atom stereocenters. The number of nitrogens with zero attached hydrogens (tertiary/aromatic N) is 2. The largest absolute Gasteiger partial charge is 0.422 e. The Balaban J connectivity index is 1.96. The predicted molar refractivity (Wildman–Crippen MR) is 58.7 cm³/mol. The van der Waals surface area contributed by atoms with E-state index < -0.39 is 0 Å². The number of rotatable bonds is 1. The van der Waals surface area contributed by atoms with Gasteiger partial charge in [-0.05, 0) is 18.6 Å². The van der Waals surface area contributed by atoms with Crippen LogP contribution in [-0.2, 0) is 4.79 Å². The minimum Gasteiger partial charge on any atom is -0.422 e. The van der Waals surface area contributed by atoms with Gasteiger partial charge in [-0.3, -0.25) is 10.2 Å². The number of hydrogen-bond donors (Lipinski definition) is 1. The summed E-state index contributed by atoms with van der Waals surface area (Å²) in [5.41, 5.74) is 4.27. The molecule has 2 aromatic rings. The first-order valence-corrected chi connectivity index (χ1v) is 5.25. The second-order valence-electron chi connectivity index (χ2n) is 3.75. The van der Waals surface area contributed by atoms with Crippen LogP contribution in [0.15, 0.2) is 28.7 Å². The van der Waals surface area contributed by atoms with Crippen LogP contribution in [0, 0.1) is 0 Å². The molecule has 0 saturated carbocycles. The van der Waals surface area contributed by atoms with Crippen molar-refractivity contribution >= 4 is 23.0 Å². The van der Waals surface area contributed by atoms with Crippen LogP contribution in [0.25, 0.3) is 11.1 Å². The molecule has 1 N–H and O–H groups in total. The van der Waals surface area contributed by atoms with Gasteiger partial charge >= 0.3 is 6.01 Å². The maximum absolute atomic E-state index is 11.2. The van der Waals surface area contributed by atoms with Gasteiger partial charge < -0.3 is 4.42 Å². The van der Waals surface area contributed by atoms with Crippen LogP contribution in [0.2, 0.25) is 0 Å². The molecule has 82 valence electrons. The van der Waals surface area contributed by atoms with Crippen molar-refractivity contribution in [2.75, 3.05) is 11.6 Å². The first-order chi connectivity index (χ1) is 7.83.